The normalized spacial score (nSPS) is 10.3. The number of hydrogen-bond donors (Lipinski definition) is 3. The lowest BCUT2D eigenvalue weighted by Crippen LogP contribution is -2.12. The second kappa shape index (κ2) is 6.34. The molecule has 2 heterocycles. The van der Waals surface area contributed by atoms with Gasteiger partial charge in [0, 0.05) is 23.8 Å². The van der Waals surface area contributed by atoms with E-state index in [9.17, 15) is 9.59 Å². The van der Waals surface area contributed by atoms with Crippen LogP contribution in [0.15, 0.2) is 27.6 Å². The maximum Gasteiger partial charge on any atom is 0.255 e. The second-order valence-electron chi connectivity index (χ2n) is 3.39. The quantitative estimate of drug-likeness (QED) is 0.562. The van der Waals surface area contributed by atoms with Crippen LogP contribution in [-0.4, -0.2) is 31.7 Å². The van der Waals surface area contributed by atoms with E-state index in [4.69, 9.17) is 5.11 Å². The molecular weight excluding hydrogens is 288 g/mol. The van der Waals surface area contributed by atoms with E-state index in [2.05, 4.69) is 20.3 Å². The number of thiazole rings is 1. The zero-order valence-electron chi connectivity index (χ0n) is 9.62. The first-order valence-electron chi connectivity index (χ1n) is 5.26. The van der Waals surface area contributed by atoms with Gasteiger partial charge in [0.05, 0.1) is 6.07 Å². The van der Waals surface area contributed by atoms with Crippen molar-refractivity contribution in [1.82, 2.24) is 15.0 Å². The van der Waals surface area contributed by atoms with Crippen molar-refractivity contribution in [2.75, 3.05) is 11.1 Å². The minimum absolute atomic E-state index is 0.162. The molecule has 19 heavy (non-hydrogen) atoms. The van der Waals surface area contributed by atoms with E-state index in [1.54, 1.807) is 11.6 Å². The standard InChI is InChI=1S/C10H10N4O3S2/c15-6(12-9-11-2-4-19-9)1-3-18-10-13-7(16)5-8(17)14-10/h2,4-5H,1,3H2,(H,11,12,15)(H2,13,14,16,17). The van der Waals surface area contributed by atoms with Crippen LogP contribution in [0.3, 0.4) is 0 Å². The number of nitrogens with zero attached hydrogens (tertiary/aromatic N) is 2. The fourth-order valence-corrected chi connectivity index (χ4v) is 2.56. The molecule has 9 heteroatoms. The minimum atomic E-state index is -0.428. The molecular formula is C10H10N4O3S2. The van der Waals surface area contributed by atoms with Gasteiger partial charge >= 0.3 is 0 Å². The van der Waals surface area contributed by atoms with Gasteiger partial charge in [-0.2, -0.15) is 4.98 Å². The molecule has 2 rings (SSSR count). The van der Waals surface area contributed by atoms with Crippen molar-refractivity contribution < 1.29 is 9.90 Å². The summed E-state index contributed by atoms with van der Waals surface area (Å²) >= 11 is 2.53. The van der Waals surface area contributed by atoms with Crippen LogP contribution in [0.5, 0.6) is 5.88 Å². The number of carbonyl (C=O) groups excluding carboxylic acids is 1. The third-order valence-corrected chi connectivity index (χ3v) is 3.52. The van der Waals surface area contributed by atoms with Crippen molar-refractivity contribution in [2.45, 2.75) is 11.6 Å². The van der Waals surface area contributed by atoms with E-state index in [1.807, 2.05) is 0 Å². The fraction of sp³-hybridized carbons (Fsp3) is 0.200. The Bertz CT molecular complexity index is 611. The summed E-state index contributed by atoms with van der Waals surface area (Å²) in [7, 11) is 0. The van der Waals surface area contributed by atoms with E-state index in [0.717, 1.165) is 6.07 Å². The monoisotopic (exact) mass is 298 g/mol. The smallest absolute Gasteiger partial charge is 0.255 e. The number of H-pyrrole nitrogens is 1. The molecule has 0 aliphatic carbocycles. The maximum absolute atomic E-state index is 11.5. The molecule has 0 atom stereocenters. The van der Waals surface area contributed by atoms with E-state index >= 15 is 0 Å². The van der Waals surface area contributed by atoms with E-state index in [0.29, 0.717) is 10.9 Å². The zero-order valence-corrected chi connectivity index (χ0v) is 11.3. The van der Waals surface area contributed by atoms with Gasteiger partial charge in [-0.25, -0.2) is 4.98 Å². The predicted molar refractivity (Wildman–Crippen MR) is 72.6 cm³/mol. The summed E-state index contributed by atoms with van der Waals surface area (Å²) in [5.74, 6) is -0.0627. The van der Waals surface area contributed by atoms with Crippen LogP contribution in [0.4, 0.5) is 5.13 Å². The number of aromatic nitrogens is 3. The zero-order chi connectivity index (χ0) is 13.7. The number of aromatic amines is 1. The molecule has 0 aliphatic rings. The van der Waals surface area contributed by atoms with Crippen LogP contribution in [0.1, 0.15) is 6.42 Å². The summed E-state index contributed by atoms with van der Waals surface area (Å²) in [6.45, 7) is 0. The summed E-state index contributed by atoms with van der Waals surface area (Å²) in [6, 6.07) is 0.985. The third-order valence-electron chi connectivity index (χ3n) is 1.95. The molecule has 2 aromatic heterocycles. The average molecular weight is 298 g/mol. The molecule has 0 fully saturated rings. The van der Waals surface area contributed by atoms with Gasteiger partial charge in [-0.1, -0.05) is 11.8 Å². The van der Waals surface area contributed by atoms with Gasteiger partial charge in [0.1, 0.15) is 0 Å². The van der Waals surface area contributed by atoms with Crippen molar-refractivity contribution in [1.29, 1.82) is 0 Å². The van der Waals surface area contributed by atoms with Gasteiger partial charge in [-0.3, -0.25) is 9.59 Å². The molecule has 7 nitrogen and oxygen atoms in total. The van der Waals surface area contributed by atoms with Gasteiger partial charge in [0.15, 0.2) is 10.3 Å². The van der Waals surface area contributed by atoms with Crippen LogP contribution < -0.4 is 10.9 Å². The molecule has 0 unspecified atom stereocenters. The highest BCUT2D eigenvalue weighted by Crippen LogP contribution is 2.15. The van der Waals surface area contributed by atoms with E-state index in [1.165, 1.54) is 23.1 Å². The summed E-state index contributed by atoms with van der Waals surface area (Å²) in [4.78, 5) is 32.7. The van der Waals surface area contributed by atoms with Gasteiger partial charge in [-0.05, 0) is 0 Å². The highest BCUT2D eigenvalue weighted by molar-refractivity contribution is 7.99. The van der Waals surface area contributed by atoms with Crippen molar-refractivity contribution in [2.24, 2.45) is 0 Å². The topological polar surface area (TPSA) is 108 Å². The number of rotatable bonds is 5. The molecule has 0 saturated carbocycles. The Morgan fingerprint density at radius 1 is 1.58 bits per heavy atom. The molecule has 0 aromatic carbocycles. The number of aromatic hydroxyl groups is 1. The summed E-state index contributed by atoms with van der Waals surface area (Å²) < 4.78 is 0. The van der Waals surface area contributed by atoms with Crippen molar-refractivity contribution in [3.05, 3.63) is 28.0 Å². The predicted octanol–water partition coefficient (Wildman–Crippen LogP) is 1.05. The summed E-state index contributed by atoms with van der Waals surface area (Å²) in [5.41, 5.74) is -0.428. The molecule has 0 bridgehead atoms. The van der Waals surface area contributed by atoms with E-state index < -0.39 is 5.56 Å². The van der Waals surface area contributed by atoms with Crippen molar-refractivity contribution in [3.8, 4) is 5.88 Å². The fourth-order valence-electron chi connectivity index (χ4n) is 1.20. The lowest BCUT2D eigenvalue weighted by atomic mass is 10.5. The first kappa shape index (κ1) is 13.6. The van der Waals surface area contributed by atoms with Crippen LogP contribution in [0.25, 0.3) is 0 Å². The maximum atomic E-state index is 11.5. The van der Waals surface area contributed by atoms with Crippen LogP contribution in [0, 0.1) is 0 Å². The summed E-state index contributed by atoms with van der Waals surface area (Å²) in [5, 5.41) is 14.4. The number of hydrogen-bond acceptors (Lipinski definition) is 7. The molecule has 100 valence electrons. The number of nitrogens with one attached hydrogen (secondary N) is 2. The summed E-state index contributed by atoms with van der Waals surface area (Å²) in [6.07, 6.45) is 1.86. The van der Waals surface area contributed by atoms with Crippen molar-refractivity contribution in [3.63, 3.8) is 0 Å². The van der Waals surface area contributed by atoms with Crippen LogP contribution in [0.2, 0.25) is 0 Å². The van der Waals surface area contributed by atoms with Crippen LogP contribution in [-0.2, 0) is 4.79 Å². The Kier molecular flexibility index (Phi) is 4.53. The molecule has 0 aliphatic heterocycles. The van der Waals surface area contributed by atoms with Crippen molar-refractivity contribution >= 4 is 34.1 Å². The SMILES string of the molecule is O=C(CCSc1nc(O)cc(=O)[nH]1)Nc1nccs1. The Morgan fingerprint density at radius 3 is 3.11 bits per heavy atom. The second-order valence-corrected chi connectivity index (χ2v) is 5.37. The number of amides is 1. The molecule has 0 spiro atoms. The number of carbonyl (C=O) groups is 1. The van der Waals surface area contributed by atoms with Crippen LogP contribution >= 0.6 is 23.1 Å². The largest absolute Gasteiger partial charge is 0.493 e. The van der Waals surface area contributed by atoms with Gasteiger partial charge in [0.25, 0.3) is 5.56 Å². The molecule has 1 amide bonds. The Labute approximate surface area is 116 Å². The molecule has 0 saturated heterocycles. The first-order chi connectivity index (χ1) is 9.13. The highest BCUT2D eigenvalue weighted by atomic mass is 32.2. The lowest BCUT2D eigenvalue weighted by molar-refractivity contribution is -0.115. The van der Waals surface area contributed by atoms with Gasteiger partial charge in [0.2, 0.25) is 11.8 Å². The third kappa shape index (κ3) is 4.38. The molecule has 3 N–H and O–H groups in total. The molecule has 0 radical (unpaired) electrons. The van der Waals surface area contributed by atoms with Gasteiger partial charge < -0.3 is 15.4 Å². The Morgan fingerprint density at radius 2 is 2.42 bits per heavy atom. The minimum Gasteiger partial charge on any atom is -0.493 e. The lowest BCUT2D eigenvalue weighted by Gasteiger charge is -2.02. The molecule has 2 aromatic rings. The number of thioether (sulfide) groups is 1. The highest BCUT2D eigenvalue weighted by Gasteiger charge is 2.06. The first-order valence-corrected chi connectivity index (χ1v) is 7.12. The average Bonchev–Trinajstić information content (AvgIpc) is 2.80. The van der Waals surface area contributed by atoms with Gasteiger partial charge in [-0.15, -0.1) is 11.3 Å². The Balaban J connectivity index is 1.80. The van der Waals surface area contributed by atoms with E-state index in [-0.39, 0.29) is 23.4 Å². The Hall–Kier alpha value is -1.87. The number of anilines is 1.